The van der Waals surface area contributed by atoms with Crippen molar-refractivity contribution in [2.45, 2.75) is 59.4 Å². The summed E-state index contributed by atoms with van der Waals surface area (Å²) < 4.78 is 11.1. The molecule has 0 aliphatic carbocycles. The van der Waals surface area contributed by atoms with E-state index < -0.39 is 5.54 Å². The molecule has 4 heteroatoms. The number of hydrogen-bond acceptors (Lipinski definition) is 3. The maximum atomic E-state index is 8.12. The average molecular weight is 437 g/mol. The summed E-state index contributed by atoms with van der Waals surface area (Å²) in [5, 5.41) is 0. The quantitative estimate of drug-likeness (QED) is 0.384. The van der Waals surface area contributed by atoms with E-state index in [1.54, 1.807) is 14.2 Å². The van der Waals surface area contributed by atoms with Crippen LogP contribution in [0.3, 0.4) is 0 Å². The highest BCUT2D eigenvalue weighted by atomic mass is 16.5. The van der Waals surface area contributed by atoms with Crippen molar-refractivity contribution in [1.29, 1.82) is 0 Å². The fraction of sp³-hybridized carbons (Fsp3) is 0.536. The van der Waals surface area contributed by atoms with Gasteiger partial charge in [0.15, 0.2) is 0 Å². The lowest BCUT2D eigenvalue weighted by atomic mass is 9.76. The maximum absolute atomic E-state index is 8.12. The van der Waals surface area contributed by atoms with Gasteiger partial charge in [-0.25, -0.2) is 6.57 Å². The Kier molecular flexibility index (Phi) is 9.16. The van der Waals surface area contributed by atoms with Crippen LogP contribution in [0.5, 0.6) is 11.5 Å². The van der Waals surface area contributed by atoms with Crippen LogP contribution in [-0.2, 0) is 12.0 Å². The van der Waals surface area contributed by atoms with Crippen LogP contribution in [0.4, 0.5) is 0 Å². The van der Waals surface area contributed by atoms with Crippen LogP contribution in [0.1, 0.15) is 54.5 Å². The zero-order valence-corrected chi connectivity index (χ0v) is 21.2. The van der Waals surface area contributed by atoms with Crippen molar-refractivity contribution in [2.75, 3.05) is 34.4 Å². The zero-order valence-electron chi connectivity index (χ0n) is 21.2. The molecule has 1 atom stereocenters. The first-order valence-electron chi connectivity index (χ1n) is 11.5. The van der Waals surface area contributed by atoms with E-state index in [1.165, 1.54) is 11.1 Å². The van der Waals surface area contributed by atoms with Crippen LogP contribution in [0.25, 0.3) is 4.85 Å². The standard InChI is InChI=1S/C28H40N2O2/c1-20(2)28(29-6,25-17-22(4)23(5)27(19-25)32-9)14-10-15-30(7)16-13-24-12-11-21(3)26(18-24)31-8/h11-12,17-20H,10,13-16H2,1-5,7-9H3. The predicted octanol–water partition coefficient (Wildman–Crippen LogP) is 6.35. The van der Waals surface area contributed by atoms with Gasteiger partial charge >= 0.3 is 0 Å². The minimum atomic E-state index is -0.531. The second kappa shape index (κ2) is 11.4. The number of ether oxygens (including phenoxy) is 2. The van der Waals surface area contributed by atoms with Crippen LogP contribution in [0.2, 0.25) is 0 Å². The van der Waals surface area contributed by atoms with Gasteiger partial charge in [-0.3, -0.25) is 0 Å². The van der Waals surface area contributed by atoms with Crippen LogP contribution >= 0.6 is 0 Å². The largest absolute Gasteiger partial charge is 0.496 e. The Morgan fingerprint density at radius 2 is 1.66 bits per heavy atom. The Hall–Kier alpha value is -2.51. The average Bonchev–Trinajstić information content (AvgIpc) is 2.77. The molecule has 2 rings (SSSR count). The molecule has 0 amide bonds. The van der Waals surface area contributed by atoms with E-state index in [-0.39, 0.29) is 5.92 Å². The van der Waals surface area contributed by atoms with Crippen molar-refractivity contribution in [3.8, 4) is 11.5 Å². The molecule has 0 aromatic heterocycles. The minimum Gasteiger partial charge on any atom is -0.496 e. The lowest BCUT2D eigenvalue weighted by molar-refractivity contribution is 0.287. The first-order valence-corrected chi connectivity index (χ1v) is 11.5. The molecule has 0 spiro atoms. The molecule has 1 unspecified atom stereocenters. The number of hydrogen-bond donors (Lipinski definition) is 0. The molecule has 2 aromatic rings. The van der Waals surface area contributed by atoms with Crippen molar-refractivity contribution >= 4 is 0 Å². The van der Waals surface area contributed by atoms with Crippen LogP contribution < -0.4 is 9.47 Å². The molecule has 2 aromatic carbocycles. The zero-order chi connectivity index (χ0) is 23.9. The third-order valence-electron chi connectivity index (χ3n) is 6.85. The predicted molar refractivity (Wildman–Crippen MR) is 134 cm³/mol. The minimum absolute atomic E-state index is 0.220. The van der Waals surface area contributed by atoms with Crippen molar-refractivity contribution in [3.63, 3.8) is 0 Å². The van der Waals surface area contributed by atoms with Gasteiger partial charge in [-0.15, -0.1) is 0 Å². The summed E-state index contributed by atoms with van der Waals surface area (Å²) >= 11 is 0. The highest BCUT2D eigenvalue weighted by Gasteiger charge is 2.42. The van der Waals surface area contributed by atoms with Gasteiger partial charge in [-0.1, -0.05) is 26.0 Å². The molecule has 0 saturated heterocycles. The summed E-state index contributed by atoms with van der Waals surface area (Å²) in [4.78, 5) is 6.58. The van der Waals surface area contributed by atoms with Crippen LogP contribution in [0, 0.1) is 33.3 Å². The first kappa shape index (κ1) is 25.7. The van der Waals surface area contributed by atoms with Crippen LogP contribution in [0.15, 0.2) is 30.3 Å². The molecule has 174 valence electrons. The number of nitrogens with zero attached hydrogens (tertiary/aromatic N) is 2. The number of likely N-dealkylation sites (N-methyl/N-ethyl adjacent to an activating group) is 1. The second-order valence-corrected chi connectivity index (χ2v) is 9.27. The van der Waals surface area contributed by atoms with E-state index in [4.69, 9.17) is 16.0 Å². The normalized spacial score (nSPS) is 13.2. The Labute approximate surface area is 195 Å². The summed E-state index contributed by atoms with van der Waals surface area (Å²) in [5.41, 5.74) is 5.33. The maximum Gasteiger partial charge on any atom is 0.259 e. The van der Waals surface area contributed by atoms with Crippen molar-refractivity contribution in [3.05, 3.63) is 69.6 Å². The van der Waals surface area contributed by atoms with Gasteiger partial charge in [-0.05, 0) is 87.7 Å². The van der Waals surface area contributed by atoms with Gasteiger partial charge < -0.3 is 19.2 Å². The lowest BCUT2D eigenvalue weighted by Crippen LogP contribution is -2.31. The summed E-state index contributed by atoms with van der Waals surface area (Å²) in [6.07, 6.45) is 2.80. The third kappa shape index (κ3) is 5.84. The Morgan fingerprint density at radius 1 is 0.969 bits per heavy atom. The van der Waals surface area contributed by atoms with E-state index in [0.29, 0.717) is 0 Å². The van der Waals surface area contributed by atoms with Crippen molar-refractivity contribution in [2.24, 2.45) is 5.92 Å². The number of methoxy groups -OCH3 is 2. The summed E-state index contributed by atoms with van der Waals surface area (Å²) in [7, 11) is 5.60. The van der Waals surface area contributed by atoms with Gasteiger partial charge in [0.05, 0.1) is 14.2 Å². The van der Waals surface area contributed by atoms with E-state index in [9.17, 15) is 0 Å². The van der Waals surface area contributed by atoms with E-state index in [2.05, 4.69) is 81.7 Å². The molecule has 0 bridgehead atoms. The van der Waals surface area contributed by atoms with Gasteiger partial charge in [0.2, 0.25) is 0 Å². The fourth-order valence-corrected chi connectivity index (χ4v) is 4.38. The molecule has 4 nitrogen and oxygen atoms in total. The molecule has 32 heavy (non-hydrogen) atoms. The topological polar surface area (TPSA) is 26.1 Å². The van der Waals surface area contributed by atoms with E-state index in [0.717, 1.165) is 60.5 Å². The number of rotatable bonds is 11. The summed E-state index contributed by atoms with van der Waals surface area (Å²) in [6, 6.07) is 10.7. The number of benzene rings is 2. The van der Waals surface area contributed by atoms with Crippen molar-refractivity contribution in [1.82, 2.24) is 4.90 Å². The summed E-state index contributed by atoms with van der Waals surface area (Å²) in [6.45, 7) is 20.6. The van der Waals surface area contributed by atoms with Gasteiger partial charge in [0, 0.05) is 24.4 Å². The molecule has 0 radical (unpaired) electrons. The molecule has 0 N–H and O–H groups in total. The molecule has 0 aliphatic rings. The number of aryl methyl sites for hydroxylation is 2. The van der Waals surface area contributed by atoms with Gasteiger partial charge in [-0.2, -0.15) is 0 Å². The smallest absolute Gasteiger partial charge is 0.259 e. The first-order chi connectivity index (χ1) is 15.2. The molecule has 0 aliphatic heterocycles. The van der Waals surface area contributed by atoms with Crippen LogP contribution in [-0.4, -0.2) is 39.3 Å². The monoisotopic (exact) mass is 436 g/mol. The molecule has 0 heterocycles. The summed E-state index contributed by atoms with van der Waals surface area (Å²) in [5.74, 6) is 2.05. The third-order valence-corrected chi connectivity index (χ3v) is 6.85. The Balaban J connectivity index is 2.05. The van der Waals surface area contributed by atoms with Crippen molar-refractivity contribution < 1.29 is 9.47 Å². The molecule has 0 saturated carbocycles. The Bertz CT molecular complexity index is 945. The fourth-order valence-electron chi connectivity index (χ4n) is 4.38. The van der Waals surface area contributed by atoms with E-state index >= 15 is 0 Å². The molecular formula is C28H40N2O2. The van der Waals surface area contributed by atoms with E-state index in [1.807, 2.05) is 0 Å². The van der Waals surface area contributed by atoms with Gasteiger partial charge in [0.1, 0.15) is 11.5 Å². The molecular weight excluding hydrogens is 396 g/mol. The molecule has 0 fully saturated rings. The van der Waals surface area contributed by atoms with Gasteiger partial charge in [0.25, 0.3) is 5.54 Å². The second-order valence-electron chi connectivity index (χ2n) is 9.27. The lowest BCUT2D eigenvalue weighted by Gasteiger charge is -2.28. The highest BCUT2D eigenvalue weighted by molar-refractivity contribution is 5.46. The highest BCUT2D eigenvalue weighted by Crippen LogP contribution is 2.41. The SMILES string of the molecule is [C-]#[N+]C(CCCN(C)CCc1ccc(C)c(OC)c1)(c1cc(C)c(C)c(OC)c1)C(C)C. The Morgan fingerprint density at radius 3 is 2.25 bits per heavy atom.